The third kappa shape index (κ3) is 22.0. The Morgan fingerprint density at radius 2 is 1.13 bits per heavy atom. The summed E-state index contributed by atoms with van der Waals surface area (Å²) in [6, 6.07) is 18.9. The molecule has 0 unspecified atom stereocenters. The number of benzene rings is 4. The Balaban J connectivity index is 0.951. The van der Waals surface area contributed by atoms with Crippen LogP contribution in [-0.2, 0) is 53.1 Å². The number of hydrogen-bond donors (Lipinski definition) is 7. The zero-order valence-corrected chi connectivity index (χ0v) is 56.1. The molecule has 4 atom stereocenters. The number of aliphatic hydroxyl groups is 2. The third-order valence-corrected chi connectivity index (χ3v) is 17.0. The normalized spacial score (nSPS) is 15.6. The highest BCUT2D eigenvalue weighted by Crippen LogP contribution is 2.38. The zero-order chi connectivity index (χ0) is 70.8. The summed E-state index contributed by atoms with van der Waals surface area (Å²) in [4.78, 5) is 135. The molecular weight excluding hydrogens is 1260 g/mol. The molecule has 0 aliphatic carbocycles. The number of likely N-dealkylation sites (tertiary alicyclic amines) is 2. The highest BCUT2D eigenvalue weighted by atomic mass is 16.6. The van der Waals surface area contributed by atoms with Crippen molar-refractivity contribution in [1.82, 2.24) is 25.3 Å². The van der Waals surface area contributed by atoms with Crippen molar-refractivity contribution in [1.29, 1.82) is 0 Å². The van der Waals surface area contributed by atoms with Crippen molar-refractivity contribution >= 4 is 70.7 Å². The first-order chi connectivity index (χ1) is 47.1. The lowest BCUT2D eigenvalue weighted by Gasteiger charge is -2.25. The van der Waals surface area contributed by atoms with Crippen molar-refractivity contribution in [2.45, 2.75) is 129 Å². The number of carbonyl (C=O) groups is 10. The number of urea groups is 1. The SMILES string of the molecule is C=C1C[C@@H](CO)N(C(=O)c2cc(OC)c(OCCCCCOc3cc(NC(=O)OCc4ccc(CC(=O)[C@H](CCCNC(N)=O)NC(=O)[C@@H](CC(=O)CCCCCN5C(=O)C=CC5=O)C(C)C)cc4)c(C(=O)N4CC(=C)C[C@H]4CO)cc3OC)cc2NC(=O)OCc2ccccc2)C1. The fourth-order valence-corrected chi connectivity index (χ4v) is 11.6. The van der Waals surface area contributed by atoms with E-state index in [1.807, 2.05) is 44.2 Å². The Hall–Kier alpha value is -10.1. The highest BCUT2D eigenvalue weighted by molar-refractivity contribution is 6.13. The predicted molar refractivity (Wildman–Crippen MR) is 362 cm³/mol. The smallest absolute Gasteiger partial charge is 0.411 e. The van der Waals surface area contributed by atoms with Gasteiger partial charge in [-0.3, -0.25) is 49.1 Å². The molecular formula is C72H90N8O18. The largest absolute Gasteiger partial charge is 0.493 e. The van der Waals surface area contributed by atoms with Crippen molar-refractivity contribution in [2.75, 3.05) is 77.5 Å². The van der Waals surface area contributed by atoms with Crippen LogP contribution < -0.4 is 45.9 Å². The van der Waals surface area contributed by atoms with Crippen molar-refractivity contribution in [3.8, 4) is 23.0 Å². The first-order valence-corrected chi connectivity index (χ1v) is 32.9. The van der Waals surface area contributed by atoms with Gasteiger partial charge in [0.2, 0.25) is 5.91 Å². The second-order valence-corrected chi connectivity index (χ2v) is 24.7. The maximum absolute atomic E-state index is 14.3. The van der Waals surface area contributed by atoms with Crippen LogP contribution in [0.4, 0.5) is 25.8 Å². The molecule has 0 spiro atoms. The first kappa shape index (κ1) is 75.3. The van der Waals surface area contributed by atoms with Gasteiger partial charge >= 0.3 is 18.2 Å². The molecule has 0 saturated carbocycles. The van der Waals surface area contributed by atoms with Gasteiger partial charge in [0.1, 0.15) is 19.0 Å². The van der Waals surface area contributed by atoms with Crippen LogP contribution in [0.3, 0.4) is 0 Å². The number of anilines is 2. The number of primary amides is 1. The number of unbranched alkanes of at least 4 members (excludes halogenated alkanes) is 4. The summed E-state index contributed by atoms with van der Waals surface area (Å²) in [5, 5.41) is 31.1. The summed E-state index contributed by atoms with van der Waals surface area (Å²) in [6.45, 7) is 11.9. The Bertz CT molecular complexity index is 3540. The number of nitrogens with one attached hydrogen (secondary N) is 4. The van der Waals surface area contributed by atoms with Gasteiger partial charge < -0.3 is 64.8 Å². The number of Topliss-reactive ketones (excluding diaryl/α,β-unsaturated/α-hetero) is 2. The molecule has 2 fully saturated rings. The summed E-state index contributed by atoms with van der Waals surface area (Å²) in [7, 11) is 2.83. The molecule has 7 rings (SSSR count). The van der Waals surface area contributed by atoms with E-state index in [2.05, 4.69) is 34.4 Å². The Morgan fingerprint density at radius 3 is 1.62 bits per heavy atom. The number of methoxy groups -OCH3 is 2. The summed E-state index contributed by atoms with van der Waals surface area (Å²) < 4.78 is 34.9. The Kier molecular flexibility index (Phi) is 28.8. The summed E-state index contributed by atoms with van der Waals surface area (Å²) in [6.07, 6.45) is 5.29. The van der Waals surface area contributed by atoms with E-state index >= 15 is 0 Å². The van der Waals surface area contributed by atoms with E-state index in [9.17, 15) is 58.2 Å². The molecule has 2 saturated heterocycles. The number of amides is 9. The minimum Gasteiger partial charge on any atom is -0.493 e. The standard InChI is InChI=1S/C72H90N8O18/c1-45(2)54(34-53(83)19-12-8-13-28-78-65(85)25-26-66(78)86)67(87)75-57(20-16-27-74-70(73)90)60(84)33-48-21-23-50(24-22-48)44-98-72(92)77-59-38-64(62(94-6)36-56(59)69(89)80-40-47(4)32-52(80)42-82)96-30-15-9-14-29-95-63-37-58(76-71(91)97-43-49-17-10-7-11-18-49)55(35-61(63)93-5)68(88)79-39-46(3)31-51(79)41-81/h7,10-11,17-18,21-26,35-38,45,51-52,54,57,81-82H,3-4,8-9,12-16,19-20,27-34,39-44H2,1-2,5-6H3,(H,75,87)(H,76,91)(H,77,92)(H3,73,74,90)/t51-,52-,54-,57-/m0/s1. The first-order valence-electron chi connectivity index (χ1n) is 32.9. The van der Waals surface area contributed by atoms with Gasteiger partial charge in [-0.25, -0.2) is 14.4 Å². The second-order valence-electron chi connectivity index (χ2n) is 24.7. The van der Waals surface area contributed by atoms with Crippen LogP contribution in [0.15, 0.2) is 115 Å². The Labute approximate surface area is 570 Å². The maximum atomic E-state index is 14.3. The van der Waals surface area contributed by atoms with Crippen molar-refractivity contribution < 1.29 is 86.6 Å². The summed E-state index contributed by atoms with van der Waals surface area (Å²) >= 11 is 0. The van der Waals surface area contributed by atoms with Crippen molar-refractivity contribution in [3.63, 3.8) is 0 Å². The molecule has 0 radical (unpaired) electrons. The lowest BCUT2D eigenvalue weighted by Crippen LogP contribution is -2.46. The summed E-state index contributed by atoms with van der Waals surface area (Å²) in [5.74, 6) is -2.77. The quantitative estimate of drug-likeness (QED) is 0.0126. The van der Waals surface area contributed by atoms with Crippen molar-refractivity contribution in [2.24, 2.45) is 17.6 Å². The van der Waals surface area contributed by atoms with Crippen LogP contribution in [0, 0.1) is 11.8 Å². The van der Waals surface area contributed by atoms with Crippen molar-refractivity contribution in [3.05, 3.63) is 143 Å². The minimum atomic E-state index is -0.977. The molecule has 26 heteroatoms. The predicted octanol–water partition coefficient (Wildman–Crippen LogP) is 8.12. The minimum absolute atomic E-state index is 0.0222. The molecule has 4 aromatic carbocycles. The number of nitrogens with two attached hydrogens (primary N) is 1. The van der Waals surface area contributed by atoms with E-state index in [4.69, 9.17) is 34.2 Å². The Morgan fingerprint density at radius 1 is 0.633 bits per heavy atom. The van der Waals surface area contributed by atoms with E-state index in [0.29, 0.717) is 68.9 Å². The molecule has 3 heterocycles. The van der Waals surface area contributed by atoms with Gasteiger partial charge in [0, 0.05) is 75.6 Å². The van der Waals surface area contributed by atoms with E-state index in [-0.39, 0.29) is 166 Å². The van der Waals surface area contributed by atoms with Crippen LogP contribution >= 0.6 is 0 Å². The van der Waals surface area contributed by atoms with E-state index in [0.717, 1.165) is 21.6 Å². The van der Waals surface area contributed by atoms with Gasteiger partial charge in [-0.2, -0.15) is 0 Å². The molecule has 3 aliphatic heterocycles. The van der Waals surface area contributed by atoms with E-state index < -0.39 is 60.0 Å². The number of aliphatic hydroxyl groups excluding tert-OH is 2. The summed E-state index contributed by atoms with van der Waals surface area (Å²) in [5.41, 5.74) is 8.92. The number of imide groups is 1. The van der Waals surface area contributed by atoms with Gasteiger partial charge in [-0.1, -0.05) is 99.2 Å². The molecule has 4 aromatic rings. The fourth-order valence-electron chi connectivity index (χ4n) is 11.6. The number of rotatable bonds is 38. The molecule has 8 N–H and O–H groups in total. The van der Waals surface area contributed by atoms with Crippen LogP contribution in [0.25, 0.3) is 0 Å². The number of carbonyl (C=O) groups excluding carboxylic acids is 10. The lowest BCUT2D eigenvalue weighted by atomic mass is 9.88. The lowest BCUT2D eigenvalue weighted by molar-refractivity contribution is -0.137. The molecule has 0 bridgehead atoms. The third-order valence-electron chi connectivity index (χ3n) is 17.0. The highest BCUT2D eigenvalue weighted by Gasteiger charge is 2.36. The number of nitrogens with zero attached hydrogens (tertiary/aromatic N) is 3. The zero-order valence-electron chi connectivity index (χ0n) is 56.1. The van der Waals surface area contributed by atoms with Crippen LogP contribution in [0.5, 0.6) is 23.0 Å². The maximum Gasteiger partial charge on any atom is 0.411 e. The number of hydrogen-bond acceptors (Lipinski definition) is 18. The van der Waals surface area contributed by atoms with E-state index in [1.54, 1.807) is 24.3 Å². The van der Waals surface area contributed by atoms with Crippen LogP contribution in [0.2, 0.25) is 0 Å². The van der Waals surface area contributed by atoms with Gasteiger partial charge in [0.05, 0.1) is 81.3 Å². The van der Waals surface area contributed by atoms with Gasteiger partial charge in [-0.05, 0) is 92.5 Å². The topological polar surface area (TPSA) is 350 Å². The van der Waals surface area contributed by atoms with Gasteiger partial charge in [-0.15, -0.1) is 0 Å². The van der Waals surface area contributed by atoms with Gasteiger partial charge in [0.25, 0.3) is 23.6 Å². The average Bonchev–Trinajstić information content (AvgIpc) is 1.77. The van der Waals surface area contributed by atoms with Crippen LogP contribution in [0.1, 0.15) is 128 Å². The monoisotopic (exact) mass is 1350 g/mol. The van der Waals surface area contributed by atoms with E-state index in [1.165, 1.54) is 60.4 Å². The molecule has 0 aromatic heterocycles. The van der Waals surface area contributed by atoms with Crippen LogP contribution in [-0.4, -0.2) is 169 Å². The fraction of sp³-hybridized carbons (Fsp3) is 0.444. The van der Waals surface area contributed by atoms with Gasteiger partial charge in [0.15, 0.2) is 28.8 Å². The molecule has 3 aliphatic rings. The number of ether oxygens (including phenoxy) is 6. The molecule has 526 valence electrons. The average molecular weight is 1360 g/mol. The molecule has 9 amide bonds. The molecule has 26 nitrogen and oxygen atoms in total. The second kappa shape index (κ2) is 37.4. The number of ketones is 2. The molecule has 98 heavy (non-hydrogen) atoms.